The highest BCUT2D eigenvalue weighted by Gasteiger charge is 2.23. The molecule has 0 radical (unpaired) electrons. The van der Waals surface area contributed by atoms with Gasteiger partial charge in [-0.05, 0) is 32.9 Å². The van der Waals surface area contributed by atoms with Crippen LogP contribution in [0.25, 0.3) is 0 Å². The normalized spacial score (nSPS) is 12.0. The molecule has 23 heavy (non-hydrogen) atoms. The number of alkyl carbamates (subject to hydrolysis) is 1. The number of anilines is 1. The van der Waals surface area contributed by atoms with E-state index in [2.05, 4.69) is 16.0 Å². The molecule has 8 heteroatoms. The number of urea groups is 1. The fourth-order valence-corrected chi connectivity index (χ4v) is 1.56. The van der Waals surface area contributed by atoms with E-state index in [1.807, 2.05) is 6.07 Å². The molecule has 0 bridgehead atoms. The van der Waals surface area contributed by atoms with Crippen molar-refractivity contribution in [1.29, 1.82) is 0 Å². The van der Waals surface area contributed by atoms with E-state index < -0.39 is 29.7 Å². The van der Waals surface area contributed by atoms with E-state index in [1.54, 1.807) is 45.0 Å². The summed E-state index contributed by atoms with van der Waals surface area (Å²) in [5, 5.41) is 7.36. The first-order chi connectivity index (χ1) is 10.7. The molecule has 0 aliphatic carbocycles. The SMILES string of the molecule is CC(C)(C)OC(=O)NC(CNC(=O)Nc1ccccc1)C(N)=O. The van der Waals surface area contributed by atoms with Gasteiger partial charge in [-0.25, -0.2) is 9.59 Å². The van der Waals surface area contributed by atoms with E-state index >= 15 is 0 Å². The summed E-state index contributed by atoms with van der Waals surface area (Å²) in [6.45, 7) is 4.92. The molecule has 8 nitrogen and oxygen atoms in total. The van der Waals surface area contributed by atoms with Crippen LogP contribution in [0, 0.1) is 0 Å². The first kappa shape index (κ1) is 18.3. The van der Waals surface area contributed by atoms with Gasteiger partial charge in [0, 0.05) is 12.2 Å². The number of amides is 4. The molecular formula is C15H22N4O4. The van der Waals surface area contributed by atoms with Crippen molar-refractivity contribution >= 4 is 23.7 Å². The summed E-state index contributed by atoms with van der Waals surface area (Å²) in [6, 6.07) is 7.18. The van der Waals surface area contributed by atoms with Crippen LogP contribution in [0.1, 0.15) is 20.8 Å². The predicted molar refractivity (Wildman–Crippen MR) is 85.8 cm³/mol. The van der Waals surface area contributed by atoms with Crippen LogP contribution in [0.4, 0.5) is 15.3 Å². The van der Waals surface area contributed by atoms with Crippen molar-refractivity contribution < 1.29 is 19.1 Å². The molecule has 1 aromatic rings. The number of nitrogens with one attached hydrogen (secondary N) is 3. The molecule has 126 valence electrons. The molecule has 1 unspecified atom stereocenters. The molecule has 0 aromatic heterocycles. The van der Waals surface area contributed by atoms with Crippen molar-refractivity contribution in [3.63, 3.8) is 0 Å². The van der Waals surface area contributed by atoms with Crippen LogP contribution in [0.5, 0.6) is 0 Å². The number of para-hydroxylation sites is 1. The Bertz CT molecular complexity index is 554. The van der Waals surface area contributed by atoms with Gasteiger partial charge in [0.05, 0.1) is 0 Å². The number of nitrogens with two attached hydrogens (primary N) is 1. The molecule has 1 aromatic carbocycles. The number of rotatable bonds is 5. The van der Waals surface area contributed by atoms with Gasteiger partial charge in [-0.1, -0.05) is 18.2 Å². The summed E-state index contributed by atoms with van der Waals surface area (Å²) >= 11 is 0. The largest absolute Gasteiger partial charge is 0.444 e. The van der Waals surface area contributed by atoms with E-state index in [0.29, 0.717) is 5.69 Å². The standard InChI is InChI=1S/C15H22N4O4/c1-15(2,3)23-14(22)19-11(12(16)20)9-17-13(21)18-10-7-5-4-6-8-10/h4-8,11H,9H2,1-3H3,(H2,16,20)(H,19,22)(H2,17,18,21). The van der Waals surface area contributed by atoms with Gasteiger partial charge >= 0.3 is 12.1 Å². The third-order valence-electron chi connectivity index (χ3n) is 2.53. The molecule has 1 rings (SSSR count). The second-order valence-corrected chi connectivity index (χ2v) is 5.80. The molecule has 0 fully saturated rings. The van der Waals surface area contributed by atoms with Crippen LogP contribution < -0.4 is 21.7 Å². The van der Waals surface area contributed by atoms with Crippen molar-refractivity contribution in [3.8, 4) is 0 Å². The van der Waals surface area contributed by atoms with Crippen LogP contribution in [-0.4, -0.2) is 36.2 Å². The third kappa shape index (κ3) is 7.70. The van der Waals surface area contributed by atoms with Crippen LogP contribution >= 0.6 is 0 Å². The third-order valence-corrected chi connectivity index (χ3v) is 2.53. The van der Waals surface area contributed by atoms with Crippen molar-refractivity contribution in [1.82, 2.24) is 10.6 Å². The minimum atomic E-state index is -1.08. The quantitative estimate of drug-likeness (QED) is 0.650. The van der Waals surface area contributed by atoms with Crippen molar-refractivity contribution in [2.75, 3.05) is 11.9 Å². The van der Waals surface area contributed by atoms with E-state index in [-0.39, 0.29) is 6.54 Å². The van der Waals surface area contributed by atoms with Gasteiger partial charge < -0.3 is 26.4 Å². The lowest BCUT2D eigenvalue weighted by atomic mass is 10.2. The Labute approximate surface area is 134 Å². The first-order valence-electron chi connectivity index (χ1n) is 7.06. The van der Waals surface area contributed by atoms with E-state index in [9.17, 15) is 14.4 Å². The zero-order chi connectivity index (χ0) is 17.5. The van der Waals surface area contributed by atoms with E-state index in [4.69, 9.17) is 10.5 Å². The highest BCUT2D eigenvalue weighted by Crippen LogP contribution is 2.07. The second kappa shape index (κ2) is 8.02. The zero-order valence-corrected chi connectivity index (χ0v) is 13.4. The van der Waals surface area contributed by atoms with Crippen molar-refractivity contribution in [2.45, 2.75) is 32.4 Å². The van der Waals surface area contributed by atoms with Gasteiger partial charge in [-0.3, -0.25) is 4.79 Å². The predicted octanol–water partition coefficient (Wildman–Crippen LogP) is 1.19. The van der Waals surface area contributed by atoms with Crippen LogP contribution in [0.3, 0.4) is 0 Å². The van der Waals surface area contributed by atoms with Crippen molar-refractivity contribution in [3.05, 3.63) is 30.3 Å². The van der Waals surface area contributed by atoms with Crippen molar-refractivity contribution in [2.24, 2.45) is 5.73 Å². The fraction of sp³-hybridized carbons (Fsp3) is 0.400. The minimum Gasteiger partial charge on any atom is -0.444 e. The van der Waals surface area contributed by atoms with Crippen LogP contribution in [0.2, 0.25) is 0 Å². The molecule has 0 spiro atoms. The molecule has 4 amide bonds. The monoisotopic (exact) mass is 322 g/mol. The maximum absolute atomic E-state index is 11.7. The van der Waals surface area contributed by atoms with Gasteiger partial charge in [0.15, 0.2) is 0 Å². The maximum atomic E-state index is 11.7. The Morgan fingerprint density at radius 3 is 2.30 bits per heavy atom. The summed E-state index contributed by atoms with van der Waals surface area (Å²) < 4.78 is 5.03. The van der Waals surface area contributed by atoms with Crippen LogP contribution in [0.15, 0.2) is 30.3 Å². The van der Waals surface area contributed by atoms with Crippen LogP contribution in [-0.2, 0) is 9.53 Å². The zero-order valence-electron chi connectivity index (χ0n) is 13.4. The Morgan fingerprint density at radius 2 is 1.78 bits per heavy atom. The molecule has 0 saturated carbocycles. The number of hydrogen-bond acceptors (Lipinski definition) is 4. The average Bonchev–Trinajstić information content (AvgIpc) is 2.42. The van der Waals surface area contributed by atoms with Gasteiger partial charge in [0.1, 0.15) is 11.6 Å². The lowest BCUT2D eigenvalue weighted by Gasteiger charge is -2.22. The Balaban J connectivity index is 2.48. The number of hydrogen-bond donors (Lipinski definition) is 4. The number of benzene rings is 1. The number of ether oxygens (including phenoxy) is 1. The summed E-state index contributed by atoms with van der Waals surface area (Å²) in [4.78, 5) is 34.7. The van der Waals surface area contributed by atoms with E-state index in [0.717, 1.165) is 0 Å². The Morgan fingerprint density at radius 1 is 1.17 bits per heavy atom. The highest BCUT2D eigenvalue weighted by molar-refractivity contribution is 5.90. The molecule has 0 aliphatic heterocycles. The highest BCUT2D eigenvalue weighted by atomic mass is 16.6. The Hall–Kier alpha value is -2.77. The molecule has 1 atom stereocenters. The minimum absolute atomic E-state index is 0.159. The van der Waals surface area contributed by atoms with Gasteiger partial charge in [0.2, 0.25) is 5.91 Å². The lowest BCUT2D eigenvalue weighted by molar-refractivity contribution is -0.119. The van der Waals surface area contributed by atoms with Gasteiger partial charge in [-0.2, -0.15) is 0 Å². The smallest absolute Gasteiger partial charge is 0.408 e. The molecule has 0 saturated heterocycles. The summed E-state index contributed by atoms with van der Waals surface area (Å²) in [6.07, 6.45) is -0.786. The number of primary amides is 1. The maximum Gasteiger partial charge on any atom is 0.408 e. The Kier molecular flexibility index (Phi) is 6.37. The van der Waals surface area contributed by atoms with Gasteiger partial charge in [-0.15, -0.1) is 0 Å². The second-order valence-electron chi connectivity index (χ2n) is 5.80. The summed E-state index contributed by atoms with van der Waals surface area (Å²) in [5.41, 5.74) is 5.10. The molecule has 5 N–H and O–H groups in total. The molecular weight excluding hydrogens is 300 g/mol. The fourth-order valence-electron chi connectivity index (χ4n) is 1.56. The summed E-state index contributed by atoms with van der Waals surface area (Å²) in [7, 11) is 0. The molecule has 0 heterocycles. The molecule has 0 aliphatic rings. The van der Waals surface area contributed by atoms with E-state index in [1.165, 1.54) is 0 Å². The average molecular weight is 322 g/mol. The summed E-state index contributed by atoms with van der Waals surface area (Å²) in [5.74, 6) is -0.782. The lowest BCUT2D eigenvalue weighted by Crippen LogP contribution is -2.52. The number of carbonyl (C=O) groups is 3. The topological polar surface area (TPSA) is 123 Å². The van der Waals surface area contributed by atoms with Gasteiger partial charge in [0.25, 0.3) is 0 Å². The first-order valence-corrected chi connectivity index (χ1v) is 7.06. The number of carbonyl (C=O) groups excluding carboxylic acids is 3.